The summed E-state index contributed by atoms with van der Waals surface area (Å²) in [4.78, 5) is 0.615. The highest BCUT2D eigenvalue weighted by molar-refractivity contribution is 7.80. The molecule has 0 aliphatic rings. The highest BCUT2D eigenvalue weighted by atomic mass is 35.5. The molecule has 0 aliphatic heterocycles. The Labute approximate surface area is 162 Å². The third-order valence-corrected chi connectivity index (χ3v) is 4.37. The monoisotopic (exact) mass is 387 g/mol. The van der Waals surface area contributed by atoms with E-state index in [9.17, 15) is 0 Å². The molecule has 134 valence electrons. The number of nitrogens with one attached hydrogen (secondary N) is 1. The molecule has 6 heteroatoms. The molecule has 3 rings (SSSR count). The van der Waals surface area contributed by atoms with E-state index in [1.165, 1.54) is 0 Å². The second kappa shape index (κ2) is 8.74. The number of ether oxygens (including phenoxy) is 2. The van der Waals surface area contributed by atoms with Crippen molar-refractivity contribution in [1.29, 1.82) is 0 Å². The van der Waals surface area contributed by atoms with Crippen molar-refractivity contribution in [1.82, 2.24) is 5.32 Å². The van der Waals surface area contributed by atoms with Crippen LogP contribution >= 0.6 is 23.8 Å². The van der Waals surface area contributed by atoms with Crippen molar-refractivity contribution >= 4 is 28.8 Å². The molecule has 26 heavy (non-hydrogen) atoms. The summed E-state index contributed by atoms with van der Waals surface area (Å²) >= 11 is 11.3. The molecule has 4 nitrogen and oxygen atoms in total. The van der Waals surface area contributed by atoms with Crippen molar-refractivity contribution in [2.45, 2.75) is 13.2 Å². The second-order valence-electron chi connectivity index (χ2n) is 5.54. The van der Waals surface area contributed by atoms with Crippen molar-refractivity contribution in [3.8, 4) is 11.5 Å². The summed E-state index contributed by atoms with van der Waals surface area (Å²) in [5.74, 6) is 2.10. The lowest BCUT2D eigenvalue weighted by Crippen LogP contribution is -2.21. The fraction of sp³-hybridized carbons (Fsp3) is 0.150. The van der Waals surface area contributed by atoms with Gasteiger partial charge in [-0.15, -0.1) is 0 Å². The van der Waals surface area contributed by atoms with E-state index in [1.807, 2.05) is 54.6 Å². The van der Waals surface area contributed by atoms with Crippen LogP contribution in [0.4, 0.5) is 0 Å². The van der Waals surface area contributed by atoms with Gasteiger partial charge in [-0.2, -0.15) is 0 Å². The maximum absolute atomic E-state index is 5.90. The Balaban J connectivity index is 1.64. The van der Waals surface area contributed by atoms with E-state index in [-0.39, 0.29) is 0 Å². The van der Waals surface area contributed by atoms with Gasteiger partial charge in [0.1, 0.15) is 17.4 Å². The molecule has 1 heterocycles. The average Bonchev–Trinajstić information content (AvgIpc) is 3.19. The first-order valence-corrected chi connectivity index (χ1v) is 8.80. The zero-order valence-electron chi connectivity index (χ0n) is 14.2. The zero-order valence-corrected chi connectivity index (χ0v) is 15.8. The Bertz CT molecular complexity index is 863. The molecule has 3 aromatic rings. The third kappa shape index (κ3) is 4.77. The van der Waals surface area contributed by atoms with Crippen LogP contribution in [0.15, 0.2) is 65.3 Å². The van der Waals surface area contributed by atoms with Crippen molar-refractivity contribution < 1.29 is 13.9 Å². The summed E-state index contributed by atoms with van der Waals surface area (Å²) in [6.45, 7) is 0.955. The number of hydrogen-bond acceptors (Lipinski definition) is 4. The largest absolute Gasteiger partial charge is 0.493 e. The van der Waals surface area contributed by atoms with Gasteiger partial charge in [-0.25, -0.2) is 0 Å². The topological polar surface area (TPSA) is 43.6 Å². The van der Waals surface area contributed by atoms with E-state index < -0.39 is 0 Å². The highest BCUT2D eigenvalue weighted by Gasteiger charge is 2.09. The average molecular weight is 388 g/mol. The van der Waals surface area contributed by atoms with Gasteiger partial charge in [-0.3, -0.25) is 0 Å². The Morgan fingerprint density at radius 1 is 1.12 bits per heavy atom. The lowest BCUT2D eigenvalue weighted by molar-refractivity contribution is 0.284. The lowest BCUT2D eigenvalue weighted by Gasteiger charge is -2.13. The Hall–Kier alpha value is -2.50. The number of methoxy groups -OCH3 is 1. The van der Waals surface area contributed by atoms with E-state index in [4.69, 9.17) is 37.7 Å². The predicted octanol–water partition coefficient (Wildman–Crippen LogP) is 4.99. The molecule has 1 aromatic heterocycles. The van der Waals surface area contributed by atoms with Crippen LogP contribution in [0.5, 0.6) is 11.5 Å². The van der Waals surface area contributed by atoms with Crippen LogP contribution in [0.1, 0.15) is 16.9 Å². The molecule has 1 N–H and O–H groups in total. The molecule has 0 saturated heterocycles. The van der Waals surface area contributed by atoms with Gasteiger partial charge in [-0.1, -0.05) is 36.0 Å². The molecule has 0 fully saturated rings. The minimum absolute atomic E-state index is 0.425. The first-order chi connectivity index (χ1) is 12.7. The smallest absolute Gasteiger partial charge is 0.161 e. The molecule has 2 aromatic carbocycles. The summed E-state index contributed by atoms with van der Waals surface area (Å²) in [5.41, 5.74) is 1.87. The van der Waals surface area contributed by atoms with E-state index in [0.29, 0.717) is 34.7 Å². The number of rotatable bonds is 7. The van der Waals surface area contributed by atoms with Gasteiger partial charge in [0.05, 0.1) is 19.9 Å². The molecule has 0 spiro atoms. The number of halogens is 1. The summed E-state index contributed by atoms with van der Waals surface area (Å²) in [5, 5.41) is 3.86. The van der Waals surface area contributed by atoms with Gasteiger partial charge >= 0.3 is 0 Å². The molecule has 0 atom stereocenters. The molecule has 0 bridgehead atoms. The lowest BCUT2D eigenvalue weighted by atomic mass is 10.2. The van der Waals surface area contributed by atoms with E-state index in [0.717, 1.165) is 16.9 Å². The highest BCUT2D eigenvalue weighted by Crippen LogP contribution is 2.29. The van der Waals surface area contributed by atoms with E-state index in [2.05, 4.69) is 5.32 Å². The first-order valence-electron chi connectivity index (χ1n) is 8.01. The summed E-state index contributed by atoms with van der Waals surface area (Å²) < 4.78 is 16.6. The van der Waals surface area contributed by atoms with Crippen molar-refractivity contribution in [3.63, 3.8) is 0 Å². The quantitative estimate of drug-likeness (QED) is 0.579. The van der Waals surface area contributed by atoms with Gasteiger partial charge in [0, 0.05) is 10.6 Å². The molecule has 0 unspecified atom stereocenters. The summed E-state index contributed by atoms with van der Waals surface area (Å²) in [6, 6.07) is 16.9. The fourth-order valence-corrected chi connectivity index (χ4v) is 2.68. The van der Waals surface area contributed by atoms with Crippen LogP contribution in [0.3, 0.4) is 0 Å². The van der Waals surface area contributed by atoms with Crippen LogP contribution in [0.2, 0.25) is 5.02 Å². The van der Waals surface area contributed by atoms with Gasteiger partial charge in [0.25, 0.3) is 0 Å². The predicted molar refractivity (Wildman–Crippen MR) is 106 cm³/mol. The maximum Gasteiger partial charge on any atom is 0.161 e. The summed E-state index contributed by atoms with van der Waals surface area (Å²) in [7, 11) is 1.60. The number of thiocarbonyl (C=S) groups is 1. The van der Waals surface area contributed by atoms with Gasteiger partial charge in [0.2, 0.25) is 0 Å². The standard InChI is InChI=1S/C20H18ClNO3S/c1-23-19-11-15(20(26)22-12-17-3-2-10-24-17)6-9-18(19)25-13-14-4-7-16(21)8-5-14/h2-11H,12-13H2,1H3,(H,22,26). The molecule has 0 radical (unpaired) electrons. The normalized spacial score (nSPS) is 10.4. The van der Waals surface area contributed by atoms with Crippen LogP contribution in [-0.4, -0.2) is 12.1 Å². The van der Waals surface area contributed by atoms with Gasteiger partial charge in [-0.05, 0) is 48.0 Å². The van der Waals surface area contributed by atoms with Crippen LogP contribution in [0, 0.1) is 0 Å². The summed E-state index contributed by atoms with van der Waals surface area (Å²) in [6.07, 6.45) is 1.63. The molecular weight excluding hydrogens is 370 g/mol. The van der Waals surface area contributed by atoms with Gasteiger partial charge < -0.3 is 19.2 Å². The van der Waals surface area contributed by atoms with Crippen LogP contribution in [0.25, 0.3) is 0 Å². The Morgan fingerprint density at radius 2 is 1.92 bits per heavy atom. The second-order valence-corrected chi connectivity index (χ2v) is 6.39. The SMILES string of the molecule is COc1cc(C(=S)NCc2ccco2)ccc1OCc1ccc(Cl)cc1. The maximum atomic E-state index is 5.90. The van der Waals surface area contributed by atoms with Crippen molar-refractivity contribution in [2.75, 3.05) is 7.11 Å². The Morgan fingerprint density at radius 3 is 2.62 bits per heavy atom. The molecular formula is C20H18ClNO3S. The number of hydrogen-bond donors (Lipinski definition) is 1. The van der Waals surface area contributed by atoms with Crippen molar-refractivity contribution in [2.24, 2.45) is 0 Å². The van der Waals surface area contributed by atoms with Crippen molar-refractivity contribution in [3.05, 3.63) is 82.8 Å². The third-order valence-electron chi connectivity index (χ3n) is 3.74. The fourth-order valence-electron chi connectivity index (χ4n) is 2.35. The Kier molecular flexibility index (Phi) is 6.15. The number of furan rings is 1. The molecule has 0 aliphatic carbocycles. The van der Waals surface area contributed by atoms with E-state index in [1.54, 1.807) is 13.4 Å². The minimum Gasteiger partial charge on any atom is -0.493 e. The minimum atomic E-state index is 0.425. The number of benzene rings is 2. The molecule has 0 amide bonds. The van der Waals surface area contributed by atoms with Crippen LogP contribution in [-0.2, 0) is 13.2 Å². The zero-order chi connectivity index (χ0) is 18.4. The molecule has 0 saturated carbocycles. The van der Waals surface area contributed by atoms with Crippen LogP contribution < -0.4 is 14.8 Å². The van der Waals surface area contributed by atoms with E-state index >= 15 is 0 Å². The van der Waals surface area contributed by atoms with Gasteiger partial charge in [0.15, 0.2) is 11.5 Å². The first kappa shape index (κ1) is 18.3.